The molecule has 9 aromatic carbocycles. The Morgan fingerprint density at radius 1 is 0.361 bits per heavy atom. The molecule has 284 valence electrons. The molecular weight excluding hydrogens is 733 g/mol. The molecule has 13 rings (SSSR count). The van der Waals surface area contributed by atoms with Crippen molar-refractivity contribution in [1.82, 2.24) is 0 Å². The maximum absolute atomic E-state index is 2.39. The highest BCUT2D eigenvalue weighted by molar-refractivity contribution is 6.25. The molecule has 0 N–H and O–H groups in total. The molecule has 0 heteroatoms. The molecule has 0 heterocycles. The summed E-state index contributed by atoms with van der Waals surface area (Å²) in [4.78, 5) is 0. The molecule has 0 aliphatic heterocycles. The molecule has 1 spiro atoms. The minimum atomic E-state index is 0.0107. The smallest absolute Gasteiger partial charge is 0.0289 e. The molecule has 0 amide bonds. The van der Waals surface area contributed by atoms with Crippen molar-refractivity contribution in [2.75, 3.05) is 0 Å². The van der Waals surface area contributed by atoms with E-state index in [9.17, 15) is 0 Å². The van der Waals surface area contributed by atoms with Crippen LogP contribution >= 0.6 is 0 Å². The molecule has 0 fully saturated rings. The van der Waals surface area contributed by atoms with E-state index >= 15 is 0 Å². The van der Waals surface area contributed by atoms with Gasteiger partial charge in [0.15, 0.2) is 0 Å². The van der Waals surface area contributed by atoms with Crippen LogP contribution < -0.4 is 0 Å². The van der Waals surface area contributed by atoms with E-state index in [-0.39, 0.29) is 5.41 Å². The summed E-state index contributed by atoms with van der Waals surface area (Å²) in [5.74, 6) is 0. The fourth-order valence-corrected chi connectivity index (χ4v) is 11.1. The van der Waals surface area contributed by atoms with E-state index in [0.717, 1.165) is 12.8 Å². The fourth-order valence-electron chi connectivity index (χ4n) is 11.1. The van der Waals surface area contributed by atoms with E-state index in [1.54, 1.807) is 0 Å². The quantitative estimate of drug-likeness (QED) is 0.153. The second kappa shape index (κ2) is 13.2. The zero-order chi connectivity index (χ0) is 40.1. The topological polar surface area (TPSA) is 0 Å². The minimum Gasteiger partial charge on any atom is -0.0622 e. The number of allylic oxidation sites excluding steroid dienone is 14. The Kier molecular flexibility index (Phi) is 7.45. The van der Waals surface area contributed by atoms with Gasteiger partial charge in [-0.1, -0.05) is 212 Å². The molecule has 0 saturated carbocycles. The monoisotopic (exact) mass is 772 g/mol. The lowest BCUT2D eigenvalue weighted by Crippen LogP contribution is -2.32. The van der Waals surface area contributed by atoms with Crippen molar-refractivity contribution < 1.29 is 0 Å². The first-order valence-electron chi connectivity index (χ1n) is 21.6. The molecule has 4 aliphatic carbocycles. The van der Waals surface area contributed by atoms with Gasteiger partial charge in [0.05, 0.1) is 0 Å². The molecule has 1 unspecified atom stereocenters. The van der Waals surface area contributed by atoms with E-state index in [0.29, 0.717) is 0 Å². The highest BCUT2D eigenvalue weighted by Crippen LogP contribution is 2.57. The molecule has 9 aromatic rings. The Balaban J connectivity index is 0.881. The molecular formula is C61H40. The molecule has 3 bridgehead atoms. The van der Waals surface area contributed by atoms with Crippen molar-refractivity contribution in [1.29, 1.82) is 0 Å². The van der Waals surface area contributed by atoms with E-state index in [2.05, 4.69) is 218 Å². The molecule has 0 saturated heterocycles. The third-order valence-corrected chi connectivity index (χ3v) is 14.0. The van der Waals surface area contributed by atoms with Crippen LogP contribution in [-0.4, -0.2) is 0 Å². The van der Waals surface area contributed by atoms with E-state index in [1.165, 1.54) is 121 Å². The first-order valence-corrected chi connectivity index (χ1v) is 21.6. The van der Waals surface area contributed by atoms with E-state index < -0.39 is 0 Å². The first kappa shape index (κ1) is 34.3. The van der Waals surface area contributed by atoms with Crippen LogP contribution in [0.1, 0.15) is 18.4 Å². The summed E-state index contributed by atoms with van der Waals surface area (Å²) >= 11 is 0. The van der Waals surface area contributed by atoms with Crippen LogP contribution in [0.25, 0.3) is 93.2 Å². The zero-order valence-electron chi connectivity index (χ0n) is 33.7. The lowest BCUT2D eigenvalue weighted by Gasteiger charge is -2.45. The Morgan fingerprint density at radius 2 is 1.00 bits per heavy atom. The van der Waals surface area contributed by atoms with Crippen LogP contribution in [-0.2, 0) is 0 Å². The van der Waals surface area contributed by atoms with Crippen LogP contribution in [0.5, 0.6) is 0 Å². The van der Waals surface area contributed by atoms with Gasteiger partial charge in [0.1, 0.15) is 0 Å². The predicted molar refractivity (Wildman–Crippen MR) is 260 cm³/mol. The lowest BCUT2D eigenvalue weighted by molar-refractivity contribution is 0.432. The van der Waals surface area contributed by atoms with Gasteiger partial charge in [-0.3, -0.25) is 0 Å². The van der Waals surface area contributed by atoms with Crippen LogP contribution in [0, 0.1) is 5.41 Å². The average molecular weight is 773 g/mol. The molecule has 1 atom stereocenters. The van der Waals surface area contributed by atoms with E-state index in [1.807, 2.05) is 0 Å². The lowest BCUT2D eigenvalue weighted by atomic mass is 9.58. The van der Waals surface area contributed by atoms with Crippen LogP contribution in [0.4, 0.5) is 0 Å². The van der Waals surface area contributed by atoms with Crippen molar-refractivity contribution in [3.05, 3.63) is 246 Å². The van der Waals surface area contributed by atoms with Crippen molar-refractivity contribution in [2.45, 2.75) is 12.8 Å². The van der Waals surface area contributed by atoms with Crippen LogP contribution in [0.15, 0.2) is 241 Å². The Bertz CT molecular complexity index is 3510. The van der Waals surface area contributed by atoms with Gasteiger partial charge >= 0.3 is 0 Å². The number of rotatable bonds is 5. The van der Waals surface area contributed by atoms with Crippen LogP contribution in [0.2, 0.25) is 0 Å². The van der Waals surface area contributed by atoms with Gasteiger partial charge in [-0.05, 0) is 140 Å². The second-order valence-electron chi connectivity index (χ2n) is 17.3. The average Bonchev–Trinajstić information content (AvgIpc) is 3.32. The summed E-state index contributed by atoms with van der Waals surface area (Å²) in [6.07, 6.45) is 23.0. The van der Waals surface area contributed by atoms with Crippen molar-refractivity contribution >= 4 is 48.7 Å². The summed E-state index contributed by atoms with van der Waals surface area (Å²) in [6, 6.07) is 61.3. The SMILES string of the molecule is C1=CC2=CC=C3C=CC(c4ccc(-c5ccc6c(-c7ccc(-c8ccc9ccc%10cccc%11ccc8c9c%10%11)cc7)c(-c7ccccc7)ccc6c5)cc4)=C4C=CC(=C1)CC34C2. The Hall–Kier alpha value is -7.54. The Labute approximate surface area is 356 Å². The highest BCUT2D eigenvalue weighted by atomic mass is 14.5. The van der Waals surface area contributed by atoms with Crippen LogP contribution in [0.3, 0.4) is 0 Å². The van der Waals surface area contributed by atoms with Gasteiger partial charge in [0.25, 0.3) is 0 Å². The summed E-state index contributed by atoms with van der Waals surface area (Å²) in [6.45, 7) is 0. The van der Waals surface area contributed by atoms with Gasteiger partial charge in [-0.15, -0.1) is 0 Å². The maximum atomic E-state index is 2.39. The molecule has 4 aliphatic rings. The van der Waals surface area contributed by atoms with Gasteiger partial charge in [-0.2, -0.15) is 0 Å². The third kappa shape index (κ3) is 5.32. The maximum Gasteiger partial charge on any atom is 0.0289 e. The van der Waals surface area contributed by atoms with Gasteiger partial charge < -0.3 is 0 Å². The second-order valence-corrected chi connectivity index (χ2v) is 17.3. The number of benzene rings is 9. The molecule has 61 heavy (non-hydrogen) atoms. The molecule has 0 radical (unpaired) electrons. The summed E-state index contributed by atoms with van der Waals surface area (Å²) in [5, 5.41) is 10.4. The third-order valence-electron chi connectivity index (χ3n) is 14.0. The van der Waals surface area contributed by atoms with Gasteiger partial charge in [-0.25, -0.2) is 0 Å². The van der Waals surface area contributed by atoms with Crippen molar-refractivity contribution in [3.63, 3.8) is 0 Å². The molecule has 0 aromatic heterocycles. The standard InChI is InChI=1S/C61H40/c1-2-8-42(9-3-1)54-32-27-50-36-49(41-14-16-44(17-15-41)53-34-29-51-28-12-39-6-4-7-40-13-35-57(53)61(51,37-39)38-40)26-31-55(50)59(54)47-20-18-43(19-21-47)52-30-24-48-23-22-45-10-5-11-46-25-33-56(52)60(48)58(45)46/h1-36H,37-38H2. The number of fused-ring (bicyclic) bond motifs is 3. The summed E-state index contributed by atoms with van der Waals surface area (Å²) in [5.41, 5.74) is 18.2. The normalized spacial score (nSPS) is 17.8. The number of hydrogen-bond donors (Lipinski definition) is 0. The fraction of sp³-hybridized carbons (Fsp3) is 0.0492. The minimum absolute atomic E-state index is 0.0107. The van der Waals surface area contributed by atoms with Crippen molar-refractivity contribution in [3.8, 4) is 44.5 Å². The van der Waals surface area contributed by atoms with E-state index in [4.69, 9.17) is 0 Å². The first-order chi connectivity index (χ1) is 30.2. The largest absolute Gasteiger partial charge is 0.0622 e. The highest BCUT2D eigenvalue weighted by Gasteiger charge is 2.43. The predicted octanol–water partition coefficient (Wildman–Crippen LogP) is 16.4. The molecule has 0 nitrogen and oxygen atoms in total. The van der Waals surface area contributed by atoms with Gasteiger partial charge in [0.2, 0.25) is 0 Å². The van der Waals surface area contributed by atoms with Crippen molar-refractivity contribution in [2.24, 2.45) is 5.41 Å². The summed E-state index contributed by atoms with van der Waals surface area (Å²) < 4.78 is 0. The zero-order valence-corrected chi connectivity index (χ0v) is 33.7. The Morgan fingerprint density at radius 3 is 1.84 bits per heavy atom. The van der Waals surface area contributed by atoms with Gasteiger partial charge in [0, 0.05) is 5.41 Å². The number of hydrogen-bond acceptors (Lipinski definition) is 0. The summed E-state index contributed by atoms with van der Waals surface area (Å²) in [7, 11) is 0.